The molecule has 0 amide bonds. The summed E-state index contributed by atoms with van der Waals surface area (Å²) in [7, 11) is -3.58. The average molecular weight is 327 g/mol. The van der Waals surface area contributed by atoms with Crippen molar-refractivity contribution in [1.29, 1.82) is 0 Å². The number of nitrogens with one attached hydrogen (secondary N) is 1. The molecule has 0 aromatic carbocycles. The second-order valence-electron chi connectivity index (χ2n) is 5.26. The van der Waals surface area contributed by atoms with Crippen molar-refractivity contribution < 1.29 is 13.5 Å². The second-order valence-corrected chi connectivity index (χ2v) is 7.95. The minimum Gasteiger partial charge on any atom is -0.396 e. The molecule has 1 fully saturated rings. The van der Waals surface area contributed by atoms with Gasteiger partial charge in [-0.3, -0.25) is 0 Å². The number of nitrogens with zero attached hydrogens (tertiary/aromatic N) is 2. The average Bonchev–Trinajstić information content (AvgIpc) is 3.17. The molecule has 2 aromatic heterocycles. The predicted molar refractivity (Wildman–Crippen MR) is 79.7 cm³/mol. The summed E-state index contributed by atoms with van der Waals surface area (Å²) < 4.78 is 26.6. The van der Waals surface area contributed by atoms with E-state index in [0.717, 1.165) is 5.56 Å². The van der Waals surface area contributed by atoms with Gasteiger partial charge in [0.25, 0.3) is 10.0 Å². The van der Waals surface area contributed by atoms with Crippen LogP contribution >= 0.6 is 11.3 Å². The maximum absolute atomic E-state index is 12.6. The molecule has 2 unspecified atom stereocenters. The Morgan fingerprint density at radius 3 is 2.90 bits per heavy atom. The molecule has 0 radical (unpaired) electrons. The van der Waals surface area contributed by atoms with Crippen LogP contribution in [0.5, 0.6) is 0 Å². The third kappa shape index (κ3) is 2.64. The standard InChI is InChI=1S/C13H17N3O3S2/c1-9-14-4-13(15-9)21(18,19)16-5-11(7-17)12(6-16)10-2-3-20-8-10/h2-4,8,11-12,17H,5-7H2,1H3,(H,14,15). The fourth-order valence-corrected chi connectivity index (χ4v) is 4.96. The van der Waals surface area contributed by atoms with Crippen molar-refractivity contribution in [3.63, 3.8) is 0 Å². The lowest BCUT2D eigenvalue weighted by molar-refractivity contribution is 0.223. The van der Waals surface area contributed by atoms with E-state index in [0.29, 0.717) is 18.9 Å². The summed E-state index contributed by atoms with van der Waals surface area (Å²) in [5.74, 6) is 0.541. The lowest BCUT2D eigenvalue weighted by atomic mass is 9.92. The number of sulfonamides is 1. The van der Waals surface area contributed by atoms with Crippen molar-refractivity contribution in [3.05, 3.63) is 34.4 Å². The van der Waals surface area contributed by atoms with Crippen molar-refractivity contribution in [2.45, 2.75) is 17.9 Å². The van der Waals surface area contributed by atoms with E-state index in [1.54, 1.807) is 18.3 Å². The summed E-state index contributed by atoms with van der Waals surface area (Å²) in [6, 6.07) is 1.99. The van der Waals surface area contributed by atoms with E-state index in [-0.39, 0.29) is 23.5 Å². The van der Waals surface area contributed by atoms with E-state index < -0.39 is 10.0 Å². The fraction of sp³-hybridized carbons (Fsp3) is 0.462. The smallest absolute Gasteiger partial charge is 0.260 e. The van der Waals surface area contributed by atoms with E-state index in [9.17, 15) is 13.5 Å². The largest absolute Gasteiger partial charge is 0.396 e. The number of aryl methyl sites for hydroxylation is 1. The molecule has 2 N–H and O–H groups in total. The Morgan fingerprint density at radius 1 is 1.52 bits per heavy atom. The van der Waals surface area contributed by atoms with Crippen LogP contribution < -0.4 is 0 Å². The summed E-state index contributed by atoms with van der Waals surface area (Å²) in [4.78, 5) is 6.73. The molecule has 0 saturated carbocycles. The SMILES string of the molecule is Cc1ncc(S(=O)(=O)N2CC(CO)C(c3ccsc3)C2)[nH]1. The molecule has 1 aliphatic rings. The summed E-state index contributed by atoms with van der Waals surface area (Å²) in [5.41, 5.74) is 1.09. The Labute approximate surface area is 127 Å². The second kappa shape index (κ2) is 5.53. The number of thiophene rings is 1. The van der Waals surface area contributed by atoms with Gasteiger partial charge in [-0.1, -0.05) is 0 Å². The van der Waals surface area contributed by atoms with Crippen molar-refractivity contribution >= 4 is 21.4 Å². The Morgan fingerprint density at radius 2 is 2.33 bits per heavy atom. The highest BCUT2D eigenvalue weighted by molar-refractivity contribution is 7.89. The summed E-state index contributed by atoms with van der Waals surface area (Å²) >= 11 is 1.58. The first-order chi connectivity index (χ1) is 10.0. The van der Waals surface area contributed by atoms with E-state index in [2.05, 4.69) is 9.97 Å². The van der Waals surface area contributed by atoms with Gasteiger partial charge < -0.3 is 10.1 Å². The van der Waals surface area contributed by atoms with Crippen LogP contribution in [0.25, 0.3) is 0 Å². The van der Waals surface area contributed by atoms with Crippen LogP contribution in [0.15, 0.2) is 28.0 Å². The van der Waals surface area contributed by atoms with Crippen molar-refractivity contribution in [2.75, 3.05) is 19.7 Å². The Hall–Kier alpha value is -1.22. The zero-order valence-electron chi connectivity index (χ0n) is 11.6. The maximum Gasteiger partial charge on any atom is 0.260 e. The third-order valence-electron chi connectivity index (χ3n) is 3.91. The van der Waals surface area contributed by atoms with Gasteiger partial charge in [0, 0.05) is 31.5 Å². The van der Waals surface area contributed by atoms with Gasteiger partial charge in [0.1, 0.15) is 5.82 Å². The van der Waals surface area contributed by atoms with Crippen LogP contribution in [-0.2, 0) is 10.0 Å². The minimum atomic E-state index is -3.58. The van der Waals surface area contributed by atoms with Crippen LogP contribution in [0.4, 0.5) is 0 Å². The third-order valence-corrected chi connectivity index (χ3v) is 6.35. The van der Waals surface area contributed by atoms with Crippen LogP contribution in [0, 0.1) is 12.8 Å². The van der Waals surface area contributed by atoms with Gasteiger partial charge in [-0.05, 0) is 29.3 Å². The Bertz CT molecular complexity index is 709. The number of aromatic nitrogens is 2. The van der Waals surface area contributed by atoms with Crippen molar-refractivity contribution in [1.82, 2.24) is 14.3 Å². The molecule has 2 aromatic rings. The zero-order chi connectivity index (χ0) is 15.0. The van der Waals surface area contributed by atoms with Gasteiger partial charge in [0.05, 0.1) is 6.20 Å². The van der Waals surface area contributed by atoms with Gasteiger partial charge in [-0.15, -0.1) is 0 Å². The van der Waals surface area contributed by atoms with Gasteiger partial charge >= 0.3 is 0 Å². The molecular weight excluding hydrogens is 310 g/mol. The van der Waals surface area contributed by atoms with Crippen LogP contribution in [0.3, 0.4) is 0 Å². The molecular formula is C13H17N3O3S2. The molecule has 21 heavy (non-hydrogen) atoms. The highest BCUT2D eigenvalue weighted by Crippen LogP contribution is 2.35. The van der Waals surface area contributed by atoms with Crippen molar-refractivity contribution in [2.24, 2.45) is 5.92 Å². The quantitative estimate of drug-likeness (QED) is 0.883. The molecule has 2 atom stereocenters. The number of imidazole rings is 1. The van der Waals surface area contributed by atoms with Crippen LogP contribution in [0.2, 0.25) is 0 Å². The van der Waals surface area contributed by atoms with Crippen LogP contribution in [-0.4, -0.2) is 47.5 Å². The summed E-state index contributed by atoms with van der Waals surface area (Å²) in [6.07, 6.45) is 1.34. The monoisotopic (exact) mass is 327 g/mol. The van der Waals surface area contributed by atoms with E-state index in [4.69, 9.17) is 0 Å². The summed E-state index contributed by atoms with van der Waals surface area (Å²) in [6.45, 7) is 2.42. The predicted octanol–water partition coefficient (Wildman–Crippen LogP) is 1.18. The van der Waals surface area contributed by atoms with Gasteiger partial charge in [0.15, 0.2) is 5.03 Å². The first kappa shape index (κ1) is 14.7. The number of hydrogen-bond donors (Lipinski definition) is 2. The molecule has 6 nitrogen and oxygen atoms in total. The van der Waals surface area contributed by atoms with Crippen molar-refractivity contribution in [3.8, 4) is 0 Å². The number of aromatic amines is 1. The number of rotatable bonds is 4. The zero-order valence-corrected chi connectivity index (χ0v) is 13.2. The number of aliphatic hydroxyl groups is 1. The molecule has 1 saturated heterocycles. The van der Waals surface area contributed by atoms with E-state index in [1.807, 2.05) is 16.8 Å². The van der Waals surface area contributed by atoms with Gasteiger partial charge in [-0.2, -0.15) is 15.6 Å². The molecule has 8 heteroatoms. The Balaban J connectivity index is 1.88. The topological polar surface area (TPSA) is 86.3 Å². The fourth-order valence-electron chi connectivity index (χ4n) is 2.75. The normalized spacial score (nSPS) is 23.7. The molecule has 3 heterocycles. The van der Waals surface area contributed by atoms with E-state index >= 15 is 0 Å². The number of aliphatic hydroxyl groups excluding tert-OH is 1. The van der Waals surface area contributed by atoms with Gasteiger partial charge in [0.2, 0.25) is 0 Å². The molecule has 0 spiro atoms. The molecule has 0 bridgehead atoms. The molecule has 3 rings (SSSR count). The first-order valence-electron chi connectivity index (χ1n) is 6.67. The number of H-pyrrole nitrogens is 1. The first-order valence-corrected chi connectivity index (χ1v) is 9.05. The molecule has 114 valence electrons. The minimum absolute atomic E-state index is 0.0193. The summed E-state index contributed by atoms with van der Waals surface area (Å²) in [5, 5.41) is 13.7. The maximum atomic E-state index is 12.6. The van der Waals surface area contributed by atoms with Gasteiger partial charge in [-0.25, -0.2) is 13.4 Å². The van der Waals surface area contributed by atoms with E-state index in [1.165, 1.54) is 10.5 Å². The lowest BCUT2D eigenvalue weighted by Gasteiger charge is -2.14. The molecule has 0 aliphatic carbocycles. The number of hydrogen-bond acceptors (Lipinski definition) is 5. The Kier molecular flexibility index (Phi) is 3.87. The lowest BCUT2D eigenvalue weighted by Crippen LogP contribution is -2.29. The molecule has 1 aliphatic heterocycles. The highest BCUT2D eigenvalue weighted by Gasteiger charge is 2.40. The highest BCUT2D eigenvalue weighted by atomic mass is 32.2. The van der Waals surface area contributed by atoms with Crippen LogP contribution in [0.1, 0.15) is 17.3 Å².